The molecule has 0 atom stereocenters. The Morgan fingerprint density at radius 2 is 0.469 bits per heavy atom. The Hall–Kier alpha value is -0.876. The Labute approximate surface area is 401 Å². The fourth-order valence-electron chi connectivity index (χ4n) is 9.39. The molecular weight excluding hydrogens is 828 g/mol. The Morgan fingerprint density at radius 1 is 0.297 bits per heavy atom. The third-order valence-electron chi connectivity index (χ3n) is 14.1. The van der Waals surface area contributed by atoms with Crippen LogP contribution in [-0.4, -0.2) is 16.0 Å². The van der Waals surface area contributed by atoms with Crippen LogP contribution in [0.15, 0.2) is 0 Å². The predicted molar refractivity (Wildman–Crippen MR) is 272 cm³/mol. The minimum absolute atomic E-state index is 0.0234. The van der Waals surface area contributed by atoms with E-state index >= 15 is 3.32 Å². The van der Waals surface area contributed by atoms with Crippen LogP contribution in [0.3, 0.4) is 0 Å². The van der Waals surface area contributed by atoms with Crippen LogP contribution in [0, 0.1) is 0 Å². The molecule has 0 saturated carbocycles. The first-order valence-corrected chi connectivity index (χ1v) is 32.6. The van der Waals surface area contributed by atoms with Gasteiger partial charge >= 0.3 is 274 Å². The molecule has 0 unspecified atom stereocenters. The summed E-state index contributed by atoms with van der Waals surface area (Å²) in [4.78, 5) is 40.9. The van der Waals surface area contributed by atoms with Crippen molar-refractivity contribution < 1.29 is 40.4 Å². The van der Waals surface area contributed by atoms with E-state index in [-0.39, 0.29) is 19.3 Å². The van der Waals surface area contributed by atoms with Gasteiger partial charge in [0, 0.05) is 0 Å². The van der Waals surface area contributed by atoms with Gasteiger partial charge in [-0.05, 0) is 0 Å². The predicted octanol–water partition coefficient (Wildman–Crippen LogP) is 20.1. The number of hydrogen-bond donors (Lipinski definition) is 0. The van der Waals surface area contributed by atoms with Crippen molar-refractivity contribution in [2.24, 2.45) is 0 Å². The minimum atomic E-state index is -6.44. The summed E-state index contributed by atoms with van der Waals surface area (Å²) >= 11 is -6.44. The molecule has 0 aliphatic heterocycles. The second kappa shape index (κ2) is 45.9. The van der Waals surface area contributed by atoms with Crippen LogP contribution in [0.2, 0.25) is 4.22 Å². The van der Waals surface area contributed by atoms with Gasteiger partial charge in [-0.2, -0.15) is 0 Å². The molecule has 0 amide bonds. The number of unbranched alkanes of at least 4 members (excludes halogenated alkanes) is 42. The summed E-state index contributed by atoms with van der Waals surface area (Å²) in [5.41, 5.74) is 0. The maximum atomic E-state index is 15.2. The summed E-state index contributed by atoms with van der Waals surface area (Å²) in [5, 5.41) is 0. The summed E-state index contributed by atoms with van der Waals surface area (Å²) < 4.78 is 25.4. The van der Waals surface area contributed by atoms with Crippen molar-refractivity contribution in [3.05, 3.63) is 0 Å². The van der Waals surface area contributed by atoms with Crippen LogP contribution in [0.25, 0.3) is 0 Å². The van der Waals surface area contributed by atoms with Gasteiger partial charge in [-0.25, -0.2) is 0 Å². The van der Waals surface area contributed by atoms with Crippen molar-refractivity contribution >= 4 is 16.0 Å². The molecule has 0 aromatic carbocycles. The third-order valence-corrected chi connectivity index (χ3v) is 21.1. The molecule has 64 heavy (non-hydrogen) atoms. The number of rotatable bonds is 52. The summed E-state index contributed by atoms with van der Waals surface area (Å²) in [5.74, 6) is -1.31. The first kappa shape index (κ1) is 63.1. The van der Waals surface area contributed by atoms with Crippen LogP contribution in [0.5, 0.6) is 0 Å². The quantitative estimate of drug-likeness (QED) is 0.0446. The Bertz CT molecular complexity index is 1070. The van der Waals surface area contributed by atoms with E-state index in [9.17, 15) is 14.4 Å². The zero-order valence-electron chi connectivity index (χ0n) is 44.0. The molecule has 0 aromatic heterocycles. The average molecular weight is 941 g/mol. The Kier molecular flexibility index (Phi) is 45.3. The van der Waals surface area contributed by atoms with Crippen molar-refractivity contribution in [3.8, 4) is 0 Å². The van der Waals surface area contributed by atoms with Gasteiger partial charge in [0.15, 0.2) is 0 Å². The molecule has 6 nitrogen and oxygen atoms in total. The first-order valence-electron chi connectivity index (χ1n) is 29.0. The zero-order valence-corrected chi connectivity index (χ0v) is 45.5. The fourth-order valence-corrected chi connectivity index (χ4v) is 14.2. The molecule has 0 aliphatic rings. The monoisotopic (exact) mass is 941 g/mol. The molecule has 0 N–H and O–H groups in total. The van der Waals surface area contributed by atoms with Gasteiger partial charge in [-0.3, -0.25) is 0 Å². The van der Waals surface area contributed by atoms with Gasteiger partial charge in [0.05, 0.1) is 0 Å². The van der Waals surface area contributed by atoms with E-state index in [1.165, 1.54) is 212 Å². The molecule has 0 aliphatic carbocycles. The second-order valence-corrected chi connectivity index (χ2v) is 27.3. The zero-order chi connectivity index (χ0) is 47.1. The Morgan fingerprint density at radius 3 is 0.656 bits per heavy atom. The molecule has 0 saturated heterocycles. The van der Waals surface area contributed by atoms with E-state index in [4.69, 9.17) is 6.64 Å². The third kappa shape index (κ3) is 36.2. The van der Waals surface area contributed by atoms with Gasteiger partial charge < -0.3 is 0 Å². The van der Waals surface area contributed by atoms with Crippen LogP contribution in [0.4, 0.5) is 0 Å². The number of carbonyl (C=O) groups is 3. The van der Waals surface area contributed by atoms with Gasteiger partial charge in [0.25, 0.3) is 0 Å². The molecule has 0 rings (SSSR count). The first-order chi connectivity index (χ1) is 31.1. The summed E-state index contributed by atoms with van der Waals surface area (Å²) in [7, 11) is 0. The summed E-state index contributed by atoms with van der Waals surface area (Å²) in [6.45, 7) is 10.1. The molecule has 7 heteroatoms. The molecule has 0 heterocycles. The average Bonchev–Trinajstić information content (AvgIpc) is 3.27. The maximum absolute atomic E-state index is 15.2. The Balaban J connectivity index is 4.84. The second-order valence-electron chi connectivity index (χ2n) is 20.7. The van der Waals surface area contributed by atoms with E-state index in [0.29, 0.717) is 19.3 Å². The molecular formula is C57H112O6Ti. The van der Waals surface area contributed by atoms with E-state index < -0.39 is 36.3 Å². The SMILES string of the molecule is CCCCCCCCCCCCCCCCCC(=O)[O][Ti](=[O])([O]C(=O)CCCCCCCCCCCCCCCCC)([C](=O)CCCCCCCCCCCCCCCCC)[CH](C)C. The number of hydrogen-bond acceptors (Lipinski definition) is 6. The number of carbonyl (C=O) groups excluding carboxylic acids is 3. The van der Waals surface area contributed by atoms with E-state index in [1.54, 1.807) is 13.8 Å². The van der Waals surface area contributed by atoms with Crippen molar-refractivity contribution in [3.63, 3.8) is 0 Å². The van der Waals surface area contributed by atoms with E-state index in [0.717, 1.165) is 57.8 Å². The van der Waals surface area contributed by atoms with Crippen molar-refractivity contribution in [1.82, 2.24) is 0 Å². The van der Waals surface area contributed by atoms with Crippen LogP contribution < -0.4 is 0 Å². The van der Waals surface area contributed by atoms with Crippen molar-refractivity contribution in [2.75, 3.05) is 0 Å². The van der Waals surface area contributed by atoms with Crippen molar-refractivity contribution in [2.45, 2.75) is 347 Å². The van der Waals surface area contributed by atoms with Crippen LogP contribution in [0.1, 0.15) is 343 Å². The topological polar surface area (TPSA) is 86.7 Å². The van der Waals surface area contributed by atoms with Gasteiger partial charge in [0.2, 0.25) is 0 Å². The standard InChI is InChI=1S/2C18H36O2.C18H35O.C3H7.O.Ti/c2*1-2-3-4-5-6-7-8-9-10-11-12-13-14-15-16-17-18(19)20;1-2-3-4-5-6-7-8-9-10-11-12-13-14-15-16-17-18-19;1-3-2;;/h2*2-17H2,1H3,(H,19,20);2-17H2,1H3;3H,1-2H3;;/q;;;;;+2/p-2. The van der Waals surface area contributed by atoms with Crippen LogP contribution >= 0.6 is 0 Å². The molecule has 0 spiro atoms. The molecule has 0 aromatic rings. The molecule has 0 fully saturated rings. The van der Waals surface area contributed by atoms with Crippen molar-refractivity contribution in [1.29, 1.82) is 0 Å². The van der Waals surface area contributed by atoms with E-state index in [1.807, 2.05) is 0 Å². The van der Waals surface area contributed by atoms with Gasteiger partial charge in [-0.15, -0.1) is 0 Å². The molecule has 0 bridgehead atoms. The van der Waals surface area contributed by atoms with Gasteiger partial charge in [-0.1, -0.05) is 130 Å². The molecule has 0 radical (unpaired) electrons. The summed E-state index contributed by atoms with van der Waals surface area (Å²) in [6, 6.07) is 0. The van der Waals surface area contributed by atoms with E-state index in [2.05, 4.69) is 20.8 Å². The normalized spacial score (nSPS) is 12.0. The summed E-state index contributed by atoms with van der Waals surface area (Å²) in [6.07, 6.45) is 55.2. The molecule has 380 valence electrons. The van der Waals surface area contributed by atoms with Crippen LogP contribution in [-0.2, 0) is 40.4 Å². The van der Waals surface area contributed by atoms with Gasteiger partial charge in [0.1, 0.15) is 0 Å². The fraction of sp³-hybridized carbons (Fsp3) is 0.947.